The van der Waals surface area contributed by atoms with Gasteiger partial charge in [0, 0.05) is 6.20 Å². The van der Waals surface area contributed by atoms with Gasteiger partial charge in [-0.1, -0.05) is 12.1 Å². The molecule has 8 heteroatoms. The van der Waals surface area contributed by atoms with Crippen molar-refractivity contribution >= 4 is 34.8 Å². The lowest BCUT2D eigenvalue weighted by Gasteiger charge is -2.14. The van der Waals surface area contributed by atoms with Gasteiger partial charge in [-0.25, -0.2) is 19.7 Å². The average molecular weight is 364 g/mol. The van der Waals surface area contributed by atoms with E-state index in [1.54, 1.807) is 37.4 Å². The first kappa shape index (κ1) is 18.1. The lowest BCUT2D eigenvalue weighted by atomic mass is 10.2. The summed E-state index contributed by atoms with van der Waals surface area (Å²) in [5.41, 5.74) is 8.51. The van der Waals surface area contributed by atoms with E-state index < -0.39 is 5.97 Å². The van der Waals surface area contributed by atoms with Gasteiger partial charge in [0.1, 0.15) is 17.8 Å². The van der Waals surface area contributed by atoms with E-state index in [1.807, 2.05) is 19.1 Å². The van der Waals surface area contributed by atoms with E-state index in [1.165, 1.54) is 6.33 Å². The lowest BCUT2D eigenvalue weighted by Crippen LogP contribution is -2.10. The number of benzene rings is 1. The van der Waals surface area contributed by atoms with Crippen molar-refractivity contribution in [2.75, 3.05) is 23.0 Å². The van der Waals surface area contributed by atoms with Gasteiger partial charge >= 0.3 is 5.97 Å². The Hall–Kier alpha value is -3.68. The van der Waals surface area contributed by atoms with E-state index in [0.717, 1.165) is 5.56 Å². The fourth-order valence-electron chi connectivity index (χ4n) is 2.43. The minimum atomic E-state index is -0.421. The molecule has 27 heavy (non-hydrogen) atoms. The zero-order chi connectivity index (χ0) is 19.2. The zero-order valence-electron chi connectivity index (χ0n) is 15.1. The van der Waals surface area contributed by atoms with Gasteiger partial charge in [0.05, 0.1) is 17.9 Å². The number of anilines is 5. The number of para-hydroxylation sites is 1. The number of aromatic nitrogens is 3. The number of nitrogens with two attached hydrogens (primary N) is 1. The normalized spacial score (nSPS) is 10.3. The van der Waals surface area contributed by atoms with E-state index in [4.69, 9.17) is 10.5 Å². The van der Waals surface area contributed by atoms with Gasteiger partial charge < -0.3 is 21.1 Å². The van der Waals surface area contributed by atoms with Crippen molar-refractivity contribution in [2.24, 2.45) is 0 Å². The van der Waals surface area contributed by atoms with E-state index >= 15 is 0 Å². The third kappa shape index (κ3) is 4.30. The van der Waals surface area contributed by atoms with E-state index in [2.05, 4.69) is 25.6 Å². The Balaban J connectivity index is 1.88. The largest absolute Gasteiger partial charge is 0.462 e. The second-order valence-electron chi connectivity index (χ2n) is 5.72. The van der Waals surface area contributed by atoms with Crippen LogP contribution in [0.1, 0.15) is 22.8 Å². The Labute approximate surface area is 156 Å². The molecule has 0 bridgehead atoms. The number of carbonyl (C=O) groups is 1. The highest BCUT2D eigenvalue weighted by atomic mass is 16.5. The summed E-state index contributed by atoms with van der Waals surface area (Å²) >= 11 is 0. The topological polar surface area (TPSA) is 115 Å². The van der Waals surface area contributed by atoms with Gasteiger partial charge in [0.25, 0.3) is 0 Å². The second kappa shape index (κ2) is 8.13. The standard InChI is InChI=1S/C19H20N6O2/c1-3-27-19(26)13-6-4-5-7-14(13)24-17-16(20)18(23-11-22-17)25-15-10-12(2)8-9-21-15/h4-11H,3,20H2,1-2H3,(H2,21,22,23,24,25). The molecule has 0 spiro atoms. The van der Waals surface area contributed by atoms with E-state index in [9.17, 15) is 4.79 Å². The zero-order valence-corrected chi connectivity index (χ0v) is 15.1. The number of aryl methyl sites for hydroxylation is 1. The third-order valence-corrected chi connectivity index (χ3v) is 3.72. The minimum Gasteiger partial charge on any atom is -0.462 e. The Morgan fingerprint density at radius 2 is 1.85 bits per heavy atom. The fraction of sp³-hybridized carbons (Fsp3) is 0.158. The summed E-state index contributed by atoms with van der Waals surface area (Å²) in [5.74, 6) is 0.991. The molecule has 0 saturated carbocycles. The maximum Gasteiger partial charge on any atom is 0.340 e. The molecule has 0 radical (unpaired) electrons. The van der Waals surface area contributed by atoms with Crippen molar-refractivity contribution in [2.45, 2.75) is 13.8 Å². The smallest absolute Gasteiger partial charge is 0.340 e. The second-order valence-corrected chi connectivity index (χ2v) is 5.72. The highest BCUT2D eigenvalue weighted by molar-refractivity contribution is 5.97. The number of nitrogens with one attached hydrogen (secondary N) is 2. The number of hydrogen-bond donors (Lipinski definition) is 3. The molecule has 0 atom stereocenters. The summed E-state index contributed by atoms with van der Waals surface area (Å²) in [5, 5.41) is 6.16. The number of rotatable bonds is 6. The van der Waals surface area contributed by atoms with Crippen LogP contribution >= 0.6 is 0 Å². The number of pyridine rings is 1. The van der Waals surface area contributed by atoms with Gasteiger partial charge in [-0.2, -0.15) is 0 Å². The van der Waals surface area contributed by atoms with Crippen LogP contribution < -0.4 is 16.4 Å². The van der Waals surface area contributed by atoms with Crippen LogP contribution in [0.3, 0.4) is 0 Å². The van der Waals surface area contributed by atoms with Crippen LogP contribution in [-0.4, -0.2) is 27.5 Å². The summed E-state index contributed by atoms with van der Waals surface area (Å²) in [6, 6.07) is 10.8. The molecular weight excluding hydrogens is 344 g/mol. The number of nitrogens with zero attached hydrogens (tertiary/aromatic N) is 3. The molecule has 0 unspecified atom stereocenters. The molecule has 0 aliphatic heterocycles. The first-order chi connectivity index (χ1) is 13.1. The molecule has 0 amide bonds. The van der Waals surface area contributed by atoms with Crippen molar-refractivity contribution in [3.63, 3.8) is 0 Å². The predicted molar refractivity (Wildman–Crippen MR) is 104 cm³/mol. The average Bonchev–Trinajstić information content (AvgIpc) is 2.66. The highest BCUT2D eigenvalue weighted by Crippen LogP contribution is 2.29. The monoisotopic (exact) mass is 364 g/mol. The Morgan fingerprint density at radius 1 is 1.11 bits per heavy atom. The van der Waals surface area contributed by atoms with Gasteiger partial charge in [-0.05, 0) is 43.7 Å². The van der Waals surface area contributed by atoms with Crippen LogP contribution in [0.4, 0.5) is 28.8 Å². The van der Waals surface area contributed by atoms with Gasteiger partial charge in [-0.15, -0.1) is 0 Å². The van der Waals surface area contributed by atoms with Crippen molar-refractivity contribution < 1.29 is 9.53 Å². The summed E-state index contributed by atoms with van der Waals surface area (Å²) in [6.07, 6.45) is 3.08. The van der Waals surface area contributed by atoms with Crippen LogP contribution in [0.5, 0.6) is 0 Å². The quantitative estimate of drug-likeness (QED) is 0.570. The number of nitrogen functional groups attached to an aromatic ring is 1. The summed E-state index contributed by atoms with van der Waals surface area (Å²) < 4.78 is 5.09. The molecule has 8 nitrogen and oxygen atoms in total. The molecule has 3 aromatic rings. The van der Waals surface area contributed by atoms with Crippen molar-refractivity contribution in [3.8, 4) is 0 Å². The third-order valence-electron chi connectivity index (χ3n) is 3.72. The molecule has 138 valence electrons. The molecular formula is C19H20N6O2. The first-order valence-corrected chi connectivity index (χ1v) is 8.41. The molecule has 0 aliphatic rings. The fourth-order valence-corrected chi connectivity index (χ4v) is 2.43. The van der Waals surface area contributed by atoms with E-state index in [0.29, 0.717) is 41.0 Å². The van der Waals surface area contributed by atoms with Crippen LogP contribution in [0.25, 0.3) is 0 Å². The molecule has 2 heterocycles. The summed E-state index contributed by atoms with van der Waals surface area (Å²) in [7, 11) is 0. The number of carbonyl (C=O) groups excluding carboxylic acids is 1. The maximum atomic E-state index is 12.1. The molecule has 2 aromatic heterocycles. The van der Waals surface area contributed by atoms with Crippen molar-refractivity contribution in [1.82, 2.24) is 15.0 Å². The molecule has 3 rings (SSSR count). The van der Waals surface area contributed by atoms with Gasteiger partial charge in [0.2, 0.25) is 0 Å². The Morgan fingerprint density at radius 3 is 2.59 bits per heavy atom. The number of hydrogen-bond acceptors (Lipinski definition) is 8. The molecule has 0 saturated heterocycles. The van der Waals surface area contributed by atoms with Crippen LogP contribution in [-0.2, 0) is 4.74 Å². The predicted octanol–water partition coefficient (Wildman–Crippen LogP) is 3.43. The SMILES string of the molecule is CCOC(=O)c1ccccc1Nc1ncnc(Nc2cc(C)ccn2)c1N. The van der Waals surface area contributed by atoms with Crippen LogP contribution in [0.2, 0.25) is 0 Å². The van der Waals surface area contributed by atoms with Crippen LogP contribution in [0, 0.1) is 6.92 Å². The molecule has 4 N–H and O–H groups in total. The van der Waals surface area contributed by atoms with E-state index in [-0.39, 0.29) is 0 Å². The minimum absolute atomic E-state index is 0.292. The van der Waals surface area contributed by atoms with Gasteiger partial charge in [0.15, 0.2) is 11.6 Å². The highest BCUT2D eigenvalue weighted by Gasteiger charge is 2.15. The van der Waals surface area contributed by atoms with Crippen molar-refractivity contribution in [1.29, 1.82) is 0 Å². The Bertz CT molecular complexity index is 960. The van der Waals surface area contributed by atoms with Crippen molar-refractivity contribution in [3.05, 3.63) is 60.0 Å². The molecule has 0 aliphatic carbocycles. The Kier molecular flexibility index (Phi) is 5.46. The summed E-state index contributed by atoms with van der Waals surface area (Å²) in [4.78, 5) is 24.7. The summed E-state index contributed by atoms with van der Waals surface area (Å²) in [6.45, 7) is 4.02. The molecule has 1 aromatic carbocycles. The maximum absolute atomic E-state index is 12.1. The van der Waals surface area contributed by atoms with Crippen LogP contribution in [0.15, 0.2) is 48.9 Å². The molecule has 0 fully saturated rings. The lowest BCUT2D eigenvalue weighted by molar-refractivity contribution is 0.0527. The first-order valence-electron chi connectivity index (χ1n) is 8.41. The number of ether oxygens (including phenoxy) is 1. The van der Waals surface area contributed by atoms with Gasteiger partial charge in [-0.3, -0.25) is 0 Å². The number of esters is 1.